The lowest BCUT2D eigenvalue weighted by Gasteiger charge is -2.32. The van der Waals surface area contributed by atoms with Crippen molar-refractivity contribution in [3.05, 3.63) is 66.6 Å². The fourth-order valence-corrected chi connectivity index (χ4v) is 4.90. The van der Waals surface area contributed by atoms with Gasteiger partial charge in [0, 0.05) is 43.5 Å². The van der Waals surface area contributed by atoms with Crippen molar-refractivity contribution in [2.24, 2.45) is 7.05 Å². The molecule has 0 amide bonds. The fraction of sp³-hybridized carbons (Fsp3) is 0.286. The van der Waals surface area contributed by atoms with Crippen molar-refractivity contribution in [3.8, 4) is 16.9 Å². The van der Waals surface area contributed by atoms with E-state index in [0.717, 1.165) is 23.2 Å². The maximum Gasteiger partial charge on any atom is 0.156 e. The zero-order valence-electron chi connectivity index (χ0n) is 21.3. The number of anilines is 2. The quantitative estimate of drug-likeness (QED) is 0.345. The first-order valence-electron chi connectivity index (χ1n) is 12.4. The molecule has 0 radical (unpaired) electrons. The molecule has 3 aromatic heterocycles. The molecule has 4 heterocycles. The van der Waals surface area contributed by atoms with Gasteiger partial charge in [0.25, 0.3) is 0 Å². The van der Waals surface area contributed by atoms with Gasteiger partial charge in [-0.3, -0.25) is 9.67 Å². The Labute approximate surface area is 218 Å². The minimum absolute atomic E-state index is 0.245. The lowest BCUT2D eigenvalue weighted by molar-refractivity contribution is 0.0323. The van der Waals surface area contributed by atoms with Crippen molar-refractivity contribution >= 4 is 33.3 Å². The van der Waals surface area contributed by atoms with Gasteiger partial charge in [0.05, 0.1) is 28.3 Å². The first kappa shape index (κ1) is 24.2. The molecule has 0 aliphatic carbocycles. The van der Waals surface area contributed by atoms with Gasteiger partial charge in [-0.25, -0.2) is 18.7 Å². The third kappa shape index (κ3) is 4.51. The predicted octanol–water partition coefficient (Wildman–Crippen LogP) is 5.19. The second-order valence-corrected chi connectivity index (χ2v) is 9.85. The first-order chi connectivity index (χ1) is 18.4. The number of likely N-dealkylation sites (tertiary alicyclic amines) is 1. The van der Waals surface area contributed by atoms with Gasteiger partial charge in [0.15, 0.2) is 5.82 Å². The van der Waals surface area contributed by atoms with Crippen LogP contribution in [0.2, 0.25) is 0 Å². The van der Waals surface area contributed by atoms with Crippen molar-refractivity contribution in [2.45, 2.75) is 25.6 Å². The molecule has 1 aliphatic rings. The van der Waals surface area contributed by atoms with Gasteiger partial charge in [-0.15, -0.1) is 0 Å². The number of piperidine rings is 1. The largest absolute Gasteiger partial charge is 0.486 e. The van der Waals surface area contributed by atoms with E-state index in [2.05, 4.69) is 25.4 Å². The lowest BCUT2D eigenvalue weighted by Crippen LogP contribution is -2.45. The van der Waals surface area contributed by atoms with Crippen LogP contribution in [0, 0.1) is 12.7 Å². The maximum atomic E-state index is 15.5. The van der Waals surface area contributed by atoms with Gasteiger partial charge in [-0.1, -0.05) is 0 Å². The van der Waals surface area contributed by atoms with Gasteiger partial charge >= 0.3 is 0 Å². The van der Waals surface area contributed by atoms with E-state index in [9.17, 15) is 0 Å². The number of nitrogens with one attached hydrogen (secondary N) is 1. The molecule has 2 unspecified atom stereocenters. The Bertz CT molecular complexity index is 1650. The minimum Gasteiger partial charge on any atom is -0.486 e. The van der Waals surface area contributed by atoms with E-state index in [1.807, 2.05) is 44.2 Å². The van der Waals surface area contributed by atoms with Crippen molar-refractivity contribution in [3.63, 3.8) is 0 Å². The average Bonchev–Trinajstić information content (AvgIpc) is 3.34. The van der Waals surface area contributed by atoms with Gasteiger partial charge < -0.3 is 15.0 Å². The molecule has 1 aliphatic heterocycles. The highest BCUT2D eigenvalue weighted by Crippen LogP contribution is 2.38. The van der Waals surface area contributed by atoms with E-state index >= 15 is 8.78 Å². The average molecular weight is 516 g/mol. The Morgan fingerprint density at radius 3 is 2.68 bits per heavy atom. The first-order valence-corrected chi connectivity index (χ1v) is 12.4. The third-order valence-electron chi connectivity index (χ3n) is 6.89. The summed E-state index contributed by atoms with van der Waals surface area (Å²) in [4.78, 5) is 15.2. The van der Waals surface area contributed by atoms with Crippen LogP contribution in [0.1, 0.15) is 12.0 Å². The Hall–Kier alpha value is -4.18. The molecule has 1 N–H and O–H groups in total. The molecule has 1 fully saturated rings. The van der Waals surface area contributed by atoms with Gasteiger partial charge in [0.2, 0.25) is 0 Å². The van der Waals surface area contributed by atoms with Crippen LogP contribution in [0.4, 0.5) is 20.3 Å². The Morgan fingerprint density at radius 1 is 1.03 bits per heavy atom. The summed E-state index contributed by atoms with van der Waals surface area (Å²) in [7, 11) is 3.74. The Morgan fingerprint density at radius 2 is 1.89 bits per heavy atom. The number of aryl methyl sites for hydroxylation is 2. The summed E-state index contributed by atoms with van der Waals surface area (Å²) in [5.74, 6) is 0.365. The lowest BCUT2D eigenvalue weighted by atomic mass is 10.0. The van der Waals surface area contributed by atoms with Crippen molar-refractivity contribution < 1.29 is 13.5 Å². The highest BCUT2D eigenvalue weighted by atomic mass is 19.1. The molecule has 194 valence electrons. The van der Waals surface area contributed by atoms with Crippen molar-refractivity contribution in [2.75, 3.05) is 25.5 Å². The van der Waals surface area contributed by atoms with Crippen LogP contribution in [0.25, 0.3) is 32.9 Å². The topological polar surface area (TPSA) is 81.0 Å². The van der Waals surface area contributed by atoms with Gasteiger partial charge in [-0.2, -0.15) is 5.10 Å². The second kappa shape index (κ2) is 9.60. The molecule has 2 atom stereocenters. The summed E-state index contributed by atoms with van der Waals surface area (Å²) in [6.45, 7) is 2.89. The standard InChI is InChI=1S/C28H27F2N7O/c1-16-8-19-21(31-11-16)4-5-22(27(19)30)35-28-26-23(32-15-33-28)9-17(18-12-34-37(3)13-18)10-25(26)38-24-6-7-36(2)14-20(24)29/h4-5,8-13,15,20,24H,6-7,14H2,1-3H3,(H,32,33,35). The second-order valence-electron chi connectivity index (χ2n) is 9.85. The van der Waals surface area contributed by atoms with E-state index in [0.29, 0.717) is 46.3 Å². The molecular formula is C28H27F2N7O. The zero-order chi connectivity index (χ0) is 26.4. The summed E-state index contributed by atoms with van der Waals surface area (Å²) < 4.78 is 38.6. The summed E-state index contributed by atoms with van der Waals surface area (Å²) >= 11 is 0. The monoisotopic (exact) mass is 515 g/mol. The number of benzene rings is 2. The molecular weight excluding hydrogens is 488 g/mol. The van der Waals surface area contributed by atoms with Gasteiger partial charge in [0.1, 0.15) is 30.2 Å². The molecule has 8 nitrogen and oxygen atoms in total. The van der Waals surface area contributed by atoms with Crippen LogP contribution in [0.3, 0.4) is 0 Å². The number of ether oxygens (including phenoxy) is 1. The van der Waals surface area contributed by atoms with Crippen LogP contribution in [0.5, 0.6) is 5.75 Å². The summed E-state index contributed by atoms with van der Waals surface area (Å²) in [5, 5.41) is 8.37. The molecule has 0 saturated carbocycles. The Balaban J connectivity index is 1.47. The maximum absolute atomic E-state index is 15.5. The number of hydrogen-bond acceptors (Lipinski definition) is 7. The smallest absolute Gasteiger partial charge is 0.156 e. The Kier molecular flexibility index (Phi) is 6.11. The van der Waals surface area contributed by atoms with Crippen LogP contribution < -0.4 is 10.1 Å². The van der Waals surface area contributed by atoms with Crippen molar-refractivity contribution in [1.82, 2.24) is 29.6 Å². The molecule has 5 aromatic rings. The highest BCUT2D eigenvalue weighted by Gasteiger charge is 2.30. The molecule has 1 saturated heterocycles. The molecule has 0 bridgehead atoms. The minimum atomic E-state index is -1.15. The van der Waals surface area contributed by atoms with Crippen LogP contribution in [0.15, 0.2) is 55.2 Å². The highest BCUT2D eigenvalue weighted by molar-refractivity contribution is 5.99. The van der Waals surface area contributed by atoms with Crippen molar-refractivity contribution in [1.29, 1.82) is 0 Å². The third-order valence-corrected chi connectivity index (χ3v) is 6.89. The van der Waals surface area contributed by atoms with Crippen LogP contribution in [-0.4, -0.2) is 62.0 Å². The summed E-state index contributed by atoms with van der Waals surface area (Å²) in [6, 6.07) is 8.90. The molecule has 10 heteroatoms. The summed E-state index contributed by atoms with van der Waals surface area (Å²) in [5.41, 5.74) is 3.95. The number of alkyl halides is 1. The molecule has 38 heavy (non-hydrogen) atoms. The van der Waals surface area contributed by atoms with Crippen LogP contribution >= 0.6 is 0 Å². The fourth-order valence-electron chi connectivity index (χ4n) is 4.90. The number of nitrogens with zero attached hydrogens (tertiary/aromatic N) is 6. The van der Waals surface area contributed by atoms with E-state index in [1.54, 1.807) is 35.3 Å². The van der Waals surface area contributed by atoms with E-state index in [4.69, 9.17) is 4.74 Å². The van der Waals surface area contributed by atoms with Gasteiger partial charge in [-0.05, 0) is 61.9 Å². The molecule has 0 spiro atoms. The number of fused-ring (bicyclic) bond motifs is 2. The number of rotatable bonds is 5. The predicted molar refractivity (Wildman–Crippen MR) is 143 cm³/mol. The zero-order valence-corrected chi connectivity index (χ0v) is 21.3. The number of aromatic nitrogens is 5. The number of pyridine rings is 1. The SMILES string of the molecule is Cc1cnc2ccc(Nc3ncnc4cc(-c5cnn(C)c5)cc(OC5CCN(C)CC5F)c34)c(F)c2c1. The van der Waals surface area contributed by atoms with E-state index in [-0.39, 0.29) is 5.69 Å². The molecule has 2 aromatic carbocycles. The molecule has 6 rings (SSSR count). The number of halogens is 2. The van der Waals surface area contributed by atoms with E-state index in [1.165, 1.54) is 6.33 Å². The summed E-state index contributed by atoms with van der Waals surface area (Å²) in [6.07, 6.45) is 5.52. The number of hydrogen-bond donors (Lipinski definition) is 1. The van der Waals surface area contributed by atoms with E-state index < -0.39 is 18.1 Å². The van der Waals surface area contributed by atoms with Crippen LogP contribution in [-0.2, 0) is 7.05 Å². The normalized spacial score (nSPS) is 18.2.